The van der Waals surface area contributed by atoms with Crippen molar-refractivity contribution in [2.45, 2.75) is 63.4 Å². The van der Waals surface area contributed by atoms with Crippen molar-refractivity contribution in [1.82, 2.24) is 4.90 Å². The highest BCUT2D eigenvalue weighted by molar-refractivity contribution is 5.69. The van der Waals surface area contributed by atoms with E-state index in [0.29, 0.717) is 32.2 Å². The zero-order chi connectivity index (χ0) is 18.0. The number of carbonyl (C=O) groups excluding carboxylic acids is 1. The van der Waals surface area contributed by atoms with Gasteiger partial charge in [0.05, 0.1) is 12.1 Å². The maximum Gasteiger partial charge on any atom is 0.410 e. The Morgan fingerprint density at radius 1 is 1.24 bits per heavy atom. The lowest BCUT2D eigenvalue weighted by Crippen LogP contribution is -2.52. The summed E-state index contributed by atoms with van der Waals surface area (Å²) in [6.07, 6.45) is 2.80. The highest BCUT2D eigenvalue weighted by atomic mass is 19.3. The van der Waals surface area contributed by atoms with E-state index < -0.39 is 12.2 Å². The van der Waals surface area contributed by atoms with Crippen LogP contribution in [0.4, 0.5) is 13.6 Å². The third-order valence-corrected chi connectivity index (χ3v) is 5.27. The maximum atomic E-state index is 12.5. The smallest absolute Gasteiger partial charge is 0.410 e. The largest absolute Gasteiger partial charge is 0.443 e. The third-order valence-electron chi connectivity index (χ3n) is 5.27. The molecule has 3 rings (SSSR count). The van der Waals surface area contributed by atoms with E-state index in [1.807, 2.05) is 6.92 Å². The Hall–Kier alpha value is -1.89. The van der Waals surface area contributed by atoms with Gasteiger partial charge in [-0.1, -0.05) is 12.1 Å². The van der Waals surface area contributed by atoms with Gasteiger partial charge in [-0.3, -0.25) is 0 Å². The van der Waals surface area contributed by atoms with Gasteiger partial charge in [-0.05, 0) is 50.3 Å². The Morgan fingerprint density at radius 3 is 2.44 bits per heavy atom. The second kappa shape index (κ2) is 7.15. The number of amides is 1. The van der Waals surface area contributed by atoms with E-state index in [1.54, 1.807) is 17.0 Å². The second-order valence-corrected chi connectivity index (χ2v) is 6.85. The Labute approximate surface area is 145 Å². The van der Waals surface area contributed by atoms with Crippen molar-refractivity contribution < 1.29 is 28.2 Å². The van der Waals surface area contributed by atoms with Gasteiger partial charge in [0.1, 0.15) is 11.4 Å². The molecule has 1 amide bonds. The number of halogens is 2. The minimum absolute atomic E-state index is 0.0897. The number of aliphatic hydroxyl groups is 1. The lowest BCUT2D eigenvalue weighted by atomic mass is 9.80. The first kappa shape index (κ1) is 17.9. The third kappa shape index (κ3) is 4.03. The molecule has 138 valence electrons. The summed E-state index contributed by atoms with van der Waals surface area (Å²) in [5.74, 6) is 0.0897. The Bertz CT molecular complexity index is 600. The van der Waals surface area contributed by atoms with E-state index in [1.165, 1.54) is 12.1 Å². The molecule has 1 atom stereocenters. The number of rotatable bonds is 4. The zero-order valence-electron chi connectivity index (χ0n) is 14.2. The molecule has 1 saturated carbocycles. The first-order valence-electron chi connectivity index (χ1n) is 8.61. The molecule has 0 radical (unpaired) electrons. The fraction of sp³-hybridized carbons (Fsp3) is 0.611. The average molecular weight is 355 g/mol. The number of aliphatic hydroxyl groups excluding tert-OH is 1. The van der Waals surface area contributed by atoms with E-state index in [9.17, 15) is 18.7 Å². The summed E-state index contributed by atoms with van der Waals surface area (Å²) in [7, 11) is 0. The zero-order valence-corrected chi connectivity index (χ0v) is 14.2. The van der Waals surface area contributed by atoms with Crippen LogP contribution in [0.3, 0.4) is 0 Å². The van der Waals surface area contributed by atoms with Crippen molar-refractivity contribution in [2.24, 2.45) is 0 Å². The van der Waals surface area contributed by atoms with Crippen molar-refractivity contribution in [2.75, 3.05) is 6.54 Å². The van der Waals surface area contributed by atoms with Gasteiger partial charge in [0, 0.05) is 13.0 Å². The molecule has 1 aliphatic heterocycles. The molecule has 1 aliphatic carbocycles. The number of benzene rings is 1. The molecule has 7 heteroatoms. The van der Waals surface area contributed by atoms with Crippen LogP contribution in [-0.2, 0) is 4.74 Å². The van der Waals surface area contributed by atoms with Gasteiger partial charge >= 0.3 is 12.7 Å². The summed E-state index contributed by atoms with van der Waals surface area (Å²) in [6.45, 7) is -0.399. The van der Waals surface area contributed by atoms with Crippen LogP contribution in [0.1, 0.15) is 50.6 Å². The average Bonchev–Trinajstić information content (AvgIpc) is 2.58. The molecule has 1 saturated heterocycles. The molecule has 25 heavy (non-hydrogen) atoms. The van der Waals surface area contributed by atoms with Gasteiger partial charge in [-0.2, -0.15) is 8.78 Å². The van der Waals surface area contributed by atoms with Crippen LogP contribution in [0.15, 0.2) is 24.3 Å². The summed E-state index contributed by atoms with van der Waals surface area (Å²) in [4.78, 5) is 14.1. The summed E-state index contributed by atoms with van der Waals surface area (Å²) in [5, 5.41) is 9.65. The Balaban J connectivity index is 1.63. The number of ether oxygens (including phenoxy) is 2. The number of carbonyl (C=O) groups is 1. The monoisotopic (exact) mass is 355 g/mol. The molecular weight excluding hydrogens is 332 g/mol. The van der Waals surface area contributed by atoms with E-state index in [2.05, 4.69) is 4.74 Å². The second-order valence-electron chi connectivity index (χ2n) is 6.85. The van der Waals surface area contributed by atoms with E-state index in [4.69, 9.17) is 4.74 Å². The fourth-order valence-electron chi connectivity index (χ4n) is 3.65. The fourth-order valence-corrected chi connectivity index (χ4v) is 3.65. The standard InChI is InChI=1S/C18H23F2NO4/c1-12(13-2-4-15(5-3-13)24-16(19)20)21-11-10-18(25-17(21)23)8-6-14(22)7-9-18/h2-5,12,14,16,22H,6-11H2,1H3/t12-,14?,18?/m0/s1. The van der Waals surface area contributed by atoms with Gasteiger partial charge in [-0.25, -0.2) is 4.79 Å². The lowest BCUT2D eigenvalue weighted by molar-refractivity contribution is -0.0908. The van der Waals surface area contributed by atoms with Crippen molar-refractivity contribution in [1.29, 1.82) is 0 Å². The Kier molecular flexibility index (Phi) is 5.13. The molecule has 2 fully saturated rings. The van der Waals surface area contributed by atoms with Crippen LogP contribution in [0.25, 0.3) is 0 Å². The maximum absolute atomic E-state index is 12.5. The number of hydrogen-bond acceptors (Lipinski definition) is 4. The van der Waals surface area contributed by atoms with Gasteiger partial charge in [0.15, 0.2) is 0 Å². The predicted octanol–water partition coefficient (Wildman–Crippen LogP) is 3.87. The molecule has 1 aromatic rings. The van der Waals surface area contributed by atoms with Gasteiger partial charge in [0.25, 0.3) is 0 Å². The Morgan fingerprint density at radius 2 is 1.88 bits per heavy atom. The molecule has 5 nitrogen and oxygen atoms in total. The lowest BCUT2D eigenvalue weighted by Gasteiger charge is -2.45. The molecule has 0 unspecified atom stereocenters. The summed E-state index contributed by atoms with van der Waals surface area (Å²) in [6, 6.07) is 6.07. The van der Waals surface area contributed by atoms with Crippen LogP contribution in [-0.4, -0.2) is 41.0 Å². The van der Waals surface area contributed by atoms with Crippen LogP contribution in [0.5, 0.6) is 5.75 Å². The van der Waals surface area contributed by atoms with Crippen molar-refractivity contribution in [3.63, 3.8) is 0 Å². The van der Waals surface area contributed by atoms with E-state index in [0.717, 1.165) is 12.0 Å². The highest BCUT2D eigenvalue weighted by Gasteiger charge is 2.44. The molecule has 1 spiro atoms. The van der Waals surface area contributed by atoms with Crippen molar-refractivity contribution in [3.05, 3.63) is 29.8 Å². The van der Waals surface area contributed by atoms with E-state index in [-0.39, 0.29) is 24.0 Å². The SMILES string of the molecule is C[C@@H](c1ccc(OC(F)F)cc1)N1CCC2(CCC(O)CC2)OC1=O. The van der Waals surface area contributed by atoms with Gasteiger partial charge in [0.2, 0.25) is 0 Å². The first-order valence-corrected chi connectivity index (χ1v) is 8.61. The van der Waals surface area contributed by atoms with Gasteiger partial charge < -0.3 is 19.5 Å². The molecule has 0 bridgehead atoms. The quantitative estimate of drug-likeness (QED) is 0.891. The highest BCUT2D eigenvalue weighted by Crippen LogP contribution is 2.39. The first-order chi connectivity index (χ1) is 11.9. The van der Waals surface area contributed by atoms with Crippen molar-refractivity contribution in [3.8, 4) is 5.75 Å². The summed E-state index contributed by atoms with van der Waals surface area (Å²) >= 11 is 0. The molecule has 1 heterocycles. The normalized spacial score (nSPS) is 28.1. The molecular formula is C18H23F2NO4. The topological polar surface area (TPSA) is 59.0 Å². The van der Waals surface area contributed by atoms with Crippen molar-refractivity contribution >= 4 is 6.09 Å². The minimum Gasteiger partial charge on any atom is -0.443 e. The van der Waals surface area contributed by atoms with Crippen LogP contribution < -0.4 is 4.74 Å². The number of hydrogen-bond donors (Lipinski definition) is 1. The molecule has 1 aromatic carbocycles. The van der Waals surface area contributed by atoms with Crippen LogP contribution >= 0.6 is 0 Å². The molecule has 0 aromatic heterocycles. The van der Waals surface area contributed by atoms with Gasteiger partial charge in [-0.15, -0.1) is 0 Å². The number of nitrogens with zero attached hydrogens (tertiary/aromatic N) is 1. The van der Waals surface area contributed by atoms with E-state index >= 15 is 0 Å². The summed E-state index contributed by atoms with van der Waals surface area (Å²) < 4.78 is 34.5. The predicted molar refractivity (Wildman–Crippen MR) is 86.5 cm³/mol. The minimum atomic E-state index is -2.86. The van der Waals surface area contributed by atoms with Crippen LogP contribution in [0, 0.1) is 0 Å². The summed E-state index contributed by atoms with van der Waals surface area (Å²) in [5.41, 5.74) is 0.384. The van der Waals surface area contributed by atoms with Crippen LogP contribution in [0.2, 0.25) is 0 Å². The molecule has 1 N–H and O–H groups in total. The number of alkyl halides is 2. The molecule has 2 aliphatic rings.